The van der Waals surface area contributed by atoms with Crippen molar-refractivity contribution in [3.8, 4) is 11.5 Å². The van der Waals surface area contributed by atoms with Crippen molar-refractivity contribution < 1.29 is 14.3 Å². The number of rotatable bonds is 7. The van der Waals surface area contributed by atoms with Gasteiger partial charge in [-0.1, -0.05) is 18.2 Å². The molecule has 1 amide bonds. The molecule has 0 bridgehead atoms. The van der Waals surface area contributed by atoms with Crippen molar-refractivity contribution >= 4 is 5.91 Å². The van der Waals surface area contributed by atoms with Gasteiger partial charge in [0.2, 0.25) is 0 Å². The Morgan fingerprint density at radius 2 is 1.73 bits per heavy atom. The summed E-state index contributed by atoms with van der Waals surface area (Å²) in [6, 6.07) is 15.1. The molecule has 1 N–H and O–H groups in total. The summed E-state index contributed by atoms with van der Waals surface area (Å²) in [5.41, 5.74) is 1.85. The van der Waals surface area contributed by atoms with Crippen molar-refractivity contribution in [1.82, 2.24) is 5.32 Å². The van der Waals surface area contributed by atoms with Gasteiger partial charge in [-0.2, -0.15) is 0 Å². The topological polar surface area (TPSA) is 47.6 Å². The van der Waals surface area contributed by atoms with Crippen molar-refractivity contribution in [3.05, 3.63) is 59.7 Å². The first-order valence-electron chi connectivity index (χ1n) is 7.28. The number of carbonyl (C=O) groups excluding carboxylic acids is 1. The summed E-state index contributed by atoms with van der Waals surface area (Å²) < 4.78 is 10.2. The molecule has 0 saturated carbocycles. The van der Waals surface area contributed by atoms with Gasteiger partial charge in [-0.25, -0.2) is 0 Å². The lowest BCUT2D eigenvalue weighted by Crippen LogP contribution is -2.24. The highest BCUT2D eigenvalue weighted by Gasteiger charge is 2.05. The lowest BCUT2D eigenvalue weighted by molar-refractivity contribution is 0.0953. The van der Waals surface area contributed by atoms with Gasteiger partial charge in [0.15, 0.2) is 0 Å². The van der Waals surface area contributed by atoms with Crippen LogP contribution in [0.4, 0.5) is 0 Å². The Morgan fingerprint density at radius 1 is 1.00 bits per heavy atom. The van der Waals surface area contributed by atoms with Crippen LogP contribution >= 0.6 is 0 Å². The minimum atomic E-state index is -0.0753. The van der Waals surface area contributed by atoms with E-state index < -0.39 is 0 Å². The molecule has 0 saturated heterocycles. The third-order valence-electron chi connectivity index (χ3n) is 3.42. The summed E-state index contributed by atoms with van der Waals surface area (Å²) in [5, 5.41) is 2.92. The van der Waals surface area contributed by atoms with Crippen LogP contribution in [-0.2, 0) is 6.42 Å². The Morgan fingerprint density at radius 3 is 2.41 bits per heavy atom. The van der Waals surface area contributed by atoms with E-state index in [1.165, 1.54) is 5.56 Å². The van der Waals surface area contributed by atoms with Crippen molar-refractivity contribution in [2.45, 2.75) is 12.8 Å². The number of carbonyl (C=O) groups is 1. The molecule has 0 spiro atoms. The minimum Gasteiger partial charge on any atom is -0.497 e. The van der Waals surface area contributed by atoms with Crippen LogP contribution in [-0.4, -0.2) is 26.7 Å². The largest absolute Gasteiger partial charge is 0.497 e. The smallest absolute Gasteiger partial charge is 0.251 e. The van der Waals surface area contributed by atoms with E-state index in [0.717, 1.165) is 18.6 Å². The van der Waals surface area contributed by atoms with E-state index in [-0.39, 0.29) is 5.91 Å². The van der Waals surface area contributed by atoms with E-state index in [1.807, 2.05) is 36.4 Å². The van der Waals surface area contributed by atoms with Crippen molar-refractivity contribution in [3.63, 3.8) is 0 Å². The maximum Gasteiger partial charge on any atom is 0.251 e. The Bertz CT molecular complexity index is 608. The fourth-order valence-electron chi connectivity index (χ4n) is 2.15. The van der Waals surface area contributed by atoms with Crippen LogP contribution in [0.1, 0.15) is 22.3 Å². The molecule has 4 nitrogen and oxygen atoms in total. The number of benzene rings is 2. The Balaban J connectivity index is 1.76. The summed E-state index contributed by atoms with van der Waals surface area (Å²) >= 11 is 0. The molecule has 0 aliphatic heterocycles. The summed E-state index contributed by atoms with van der Waals surface area (Å²) in [6.07, 6.45) is 1.81. The zero-order valence-corrected chi connectivity index (χ0v) is 13.0. The van der Waals surface area contributed by atoms with Crippen LogP contribution in [0.15, 0.2) is 48.5 Å². The first-order chi connectivity index (χ1) is 10.7. The fourth-order valence-corrected chi connectivity index (χ4v) is 2.15. The SMILES string of the molecule is COc1ccc(CCCNC(=O)c2cccc(OC)c2)cc1. The molecule has 22 heavy (non-hydrogen) atoms. The fraction of sp³-hybridized carbons (Fsp3) is 0.278. The molecule has 0 aliphatic carbocycles. The third-order valence-corrected chi connectivity index (χ3v) is 3.42. The number of methoxy groups -OCH3 is 2. The lowest BCUT2D eigenvalue weighted by Gasteiger charge is -2.07. The van der Waals surface area contributed by atoms with Gasteiger partial charge in [-0.15, -0.1) is 0 Å². The molecule has 0 radical (unpaired) electrons. The van der Waals surface area contributed by atoms with Gasteiger partial charge in [0.25, 0.3) is 5.91 Å². The van der Waals surface area contributed by atoms with Gasteiger partial charge >= 0.3 is 0 Å². The van der Waals surface area contributed by atoms with Crippen LogP contribution in [0.25, 0.3) is 0 Å². The number of aryl methyl sites for hydroxylation is 1. The van der Waals surface area contributed by atoms with Gasteiger partial charge < -0.3 is 14.8 Å². The molecular formula is C18H21NO3. The number of hydrogen-bond donors (Lipinski definition) is 1. The van der Waals surface area contributed by atoms with Crippen LogP contribution in [0, 0.1) is 0 Å². The van der Waals surface area contributed by atoms with E-state index in [2.05, 4.69) is 5.32 Å². The maximum atomic E-state index is 12.0. The van der Waals surface area contributed by atoms with Gasteiger partial charge in [0, 0.05) is 12.1 Å². The van der Waals surface area contributed by atoms with Gasteiger partial charge in [0.05, 0.1) is 14.2 Å². The molecule has 116 valence electrons. The van der Waals surface area contributed by atoms with E-state index in [1.54, 1.807) is 26.4 Å². The van der Waals surface area contributed by atoms with E-state index in [4.69, 9.17) is 9.47 Å². The highest BCUT2D eigenvalue weighted by Crippen LogP contribution is 2.13. The van der Waals surface area contributed by atoms with E-state index in [9.17, 15) is 4.79 Å². The lowest BCUT2D eigenvalue weighted by atomic mass is 10.1. The first-order valence-corrected chi connectivity index (χ1v) is 7.28. The number of nitrogens with one attached hydrogen (secondary N) is 1. The quantitative estimate of drug-likeness (QED) is 0.799. The summed E-state index contributed by atoms with van der Waals surface area (Å²) in [5.74, 6) is 1.47. The molecule has 0 heterocycles. The maximum absolute atomic E-state index is 12.0. The molecule has 0 fully saturated rings. The predicted molar refractivity (Wildman–Crippen MR) is 86.6 cm³/mol. The Hall–Kier alpha value is -2.49. The molecule has 0 aromatic heterocycles. The molecule has 0 aliphatic rings. The standard InChI is InChI=1S/C18H21NO3/c1-21-16-10-8-14(9-11-16)5-4-12-19-18(20)15-6-3-7-17(13-15)22-2/h3,6-11,13H,4-5,12H2,1-2H3,(H,19,20). The monoisotopic (exact) mass is 299 g/mol. The van der Waals surface area contributed by atoms with Crippen LogP contribution in [0.2, 0.25) is 0 Å². The summed E-state index contributed by atoms with van der Waals surface area (Å²) in [4.78, 5) is 12.0. The zero-order valence-electron chi connectivity index (χ0n) is 13.0. The van der Waals surface area contributed by atoms with Crippen molar-refractivity contribution in [2.24, 2.45) is 0 Å². The molecule has 2 rings (SSSR count). The second-order valence-electron chi connectivity index (χ2n) is 4.94. The first kappa shape index (κ1) is 15.9. The second-order valence-corrected chi connectivity index (χ2v) is 4.94. The summed E-state index contributed by atoms with van der Waals surface area (Å²) in [6.45, 7) is 0.641. The van der Waals surface area contributed by atoms with E-state index in [0.29, 0.717) is 17.9 Å². The highest BCUT2D eigenvalue weighted by molar-refractivity contribution is 5.94. The molecule has 2 aromatic carbocycles. The predicted octanol–water partition coefficient (Wildman–Crippen LogP) is 3.07. The number of ether oxygens (including phenoxy) is 2. The van der Waals surface area contributed by atoms with Crippen LogP contribution < -0.4 is 14.8 Å². The van der Waals surface area contributed by atoms with Crippen LogP contribution in [0.3, 0.4) is 0 Å². The molecule has 0 atom stereocenters. The molecule has 0 unspecified atom stereocenters. The van der Waals surface area contributed by atoms with Crippen molar-refractivity contribution in [2.75, 3.05) is 20.8 Å². The van der Waals surface area contributed by atoms with Crippen molar-refractivity contribution in [1.29, 1.82) is 0 Å². The summed E-state index contributed by atoms with van der Waals surface area (Å²) in [7, 11) is 3.25. The average Bonchev–Trinajstić information content (AvgIpc) is 2.59. The second kappa shape index (κ2) is 8.08. The van der Waals surface area contributed by atoms with E-state index >= 15 is 0 Å². The van der Waals surface area contributed by atoms with Gasteiger partial charge in [-0.05, 0) is 48.7 Å². The zero-order chi connectivity index (χ0) is 15.8. The van der Waals surface area contributed by atoms with Crippen LogP contribution in [0.5, 0.6) is 11.5 Å². The highest BCUT2D eigenvalue weighted by atomic mass is 16.5. The van der Waals surface area contributed by atoms with Gasteiger partial charge in [0.1, 0.15) is 11.5 Å². The average molecular weight is 299 g/mol. The normalized spacial score (nSPS) is 10.1. The third kappa shape index (κ3) is 4.52. The molecule has 4 heteroatoms. The number of hydrogen-bond acceptors (Lipinski definition) is 3. The molecular weight excluding hydrogens is 278 g/mol. The van der Waals surface area contributed by atoms with Gasteiger partial charge in [-0.3, -0.25) is 4.79 Å². The Kier molecular flexibility index (Phi) is 5.83. The Labute approximate surface area is 131 Å². The number of amides is 1. The minimum absolute atomic E-state index is 0.0753. The molecule has 2 aromatic rings.